The maximum atomic E-state index is 11.7. The number of carbonyl (C=O) groups excluding carboxylic acids is 1. The zero-order chi connectivity index (χ0) is 13.7. The summed E-state index contributed by atoms with van der Waals surface area (Å²) in [7, 11) is 0. The number of ether oxygens (including phenoxy) is 1. The van der Waals surface area contributed by atoms with Gasteiger partial charge in [-0.3, -0.25) is 4.79 Å². The molecule has 1 aliphatic heterocycles. The Morgan fingerprint density at radius 1 is 1.39 bits per heavy atom. The highest BCUT2D eigenvalue weighted by Gasteiger charge is 2.39. The van der Waals surface area contributed by atoms with Gasteiger partial charge in [-0.25, -0.2) is 0 Å². The molecule has 0 aliphatic carbocycles. The van der Waals surface area contributed by atoms with Gasteiger partial charge in [0.2, 0.25) is 0 Å². The molecule has 1 aliphatic rings. The number of esters is 1. The molecule has 3 atom stereocenters. The number of carbonyl (C=O) groups is 1. The van der Waals surface area contributed by atoms with Crippen LogP contribution in [-0.2, 0) is 9.53 Å². The third-order valence-electron chi connectivity index (χ3n) is 3.53. The molecule has 5 nitrogen and oxygen atoms in total. The highest BCUT2D eigenvalue weighted by atomic mass is 16.6. The summed E-state index contributed by atoms with van der Waals surface area (Å²) in [5.74, 6) is 0.641. The fourth-order valence-corrected chi connectivity index (χ4v) is 2.30. The lowest BCUT2D eigenvalue weighted by molar-refractivity contribution is -0.145. The Morgan fingerprint density at radius 3 is 2.50 bits per heavy atom. The fourth-order valence-electron chi connectivity index (χ4n) is 2.30. The largest absolute Gasteiger partial charge is 0.462 e. The van der Waals surface area contributed by atoms with Crippen LogP contribution in [0, 0.1) is 17.8 Å². The number of cyclic esters (lactones) is 1. The Labute approximate surface area is 109 Å². The van der Waals surface area contributed by atoms with Crippen molar-refractivity contribution in [1.82, 2.24) is 0 Å². The zero-order valence-electron chi connectivity index (χ0n) is 11.7. The number of azide groups is 1. The van der Waals surface area contributed by atoms with Crippen LogP contribution >= 0.6 is 0 Å². The number of nitrogens with zero attached hydrogens (tertiary/aromatic N) is 3. The van der Waals surface area contributed by atoms with E-state index in [9.17, 15) is 4.79 Å². The summed E-state index contributed by atoms with van der Waals surface area (Å²) in [5, 5.41) is 3.81. The van der Waals surface area contributed by atoms with Crippen molar-refractivity contribution >= 4 is 5.97 Å². The van der Waals surface area contributed by atoms with E-state index in [4.69, 9.17) is 10.3 Å². The van der Waals surface area contributed by atoms with Gasteiger partial charge in [0, 0.05) is 4.91 Å². The first-order chi connectivity index (χ1) is 8.45. The van der Waals surface area contributed by atoms with Crippen molar-refractivity contribution in [2.24, 2.45) is 22.9 Å². The summed E-state index contributed by atoms with van der Waals surface area (Å²) < 4.78 is 5.38. The van der Waals surface area contributed by atoms with E-state index in [1.54, 1.807) is 0 Å². The quantitative estimate of drug-likeness (QED) is 0.313. The molecule has 0 amide bonds. The van der Waals surface area contributed by atoms with Gasteiger partial charge in [-0.1, -0.05) is 39.2 Å². The van der Waals surface area contributed by atoms with Crippen LogP contribution in [0.3, 0.4) is 0 Å². The maximum absolute atomic E-state index is 11.7. The number of rotatable bonds is 6. The van der Waals surface area contributed by atoms with Crippen LogP contribution < -0.4 is 0 Å². The van der Waals surface area contributed by atoms with Crippen LogP contribution in [0.4, 0.5) is 0 Å². The van der Waals surface area contributed by atoms with E-state index < -0.39 is 0 Å². The van der Waals surface area contributed by atoms with E-state index >= 15 is 0 Å². The van der Waals surface area contributed by atoms with Gasteiger partial charge >= 0.3 is 5.97 Å². The molecule has 102 valence electrons. The molecule has 18 heavy (non-hydrogen) atoms. The Balaban J connectivity index is 2.65. The van der Waals surface area contributed by atoms with E-state index in [2.05, 4.69) is 23.9 Å². The van der Waals surface area contributed by atoms with Crippen molar-refractivity contribution in [3.63, 3.8) is 0 Å². The molecule has 5 heteroatoms. The second kappa shape index (κ2) is 6.64. The van der Waals surface area contributed by atoms with Gasteiger partial charge in [-0.2, -0.15) is 0 Å². The predicted molar refractivity (Wildman–Crippen MR) is 69.8 cm³/mol. The zero-order valence-corrected chi connectivity index (χ0v) is 11.7. The summed E-state index contributed by atoms with van der Waals surface area (Å²) in [6.07, 6.45) is 2.20. The molecule has 0 saturated carbocycles. The molecule has 1 fully saturated rings. The van der Waals surface area contributed by atoms with Gasteiger partial charge < -0.3 is 4.74 Å². The summed E-state index contributed by atoms with van der Waals surface area (Å²) in [4.78, 5) is 14.6. The molecule has 0 aromatic carbocycles. The number of hydrogen-bond donors (Lipinski definition) is 0. The average molecular weight is 253 g/mol. The molecule has 0 aromatic heterocycles. The summed E-state index contributed by atoms with van der Waals surface area (Å²) in [6, 6.07) is -0.218. The second-order valence-electron chi connectivity index (χ2n) is 5.81. The van der Waals surface area contributed by atoms with Crippen molar-refractivity contribution in [1.29, 1.82) is 0 Å². The van der Waals surface area contributed by atoms with Crippen molar-refractivity contribution < 1.29 is 9.53 Å². The van der Waals surface area contributed by atoms with Crippen LogP contribution in [0.2, 0.25) is 0 Å². The van der Waals surface area contributed by atoms with Gasteiger partial charge in [-0.15, -0.1) is 0 Å². The first-order valence-corrected chi connectivity index (χ1v) is 6.70. The van der Waals surface area contributed by atoms with Crippen molar-refractivity contribution in [3.05, 3.63) is 10.4 Å². The molecular weight excluding hydrogens is 230 g/mol. The van der Waals surface area contributed by atoms with Crippen LogP contribution in [-0.4, -0.2) is 18.1 Å². The lowest BCUT2D eigenvalue weighted by Gasteiger charge is -2.18. The summed E-state index contributed by atoms with van der Waals surface area (Å²) in [6.45, 7) is 8.30. The van der Waals surface area contributed by atoms with Gasteiger partial charge in [0.05, 0.1) is 12.0 Å². The third kappa shape index (κ3) is 3.91. The molecule has 1 saturated heterocycles. The average Bonchev–Trinajstić information content (AvgIpc) is 2.66. The normalized spacial score (nSPS) is 25.1. The minimum absolute atomic E-state index is 0.0505. The summed E-state index contributed by atoms with van der Waals surface area (Å²) in [5.41, 5.74) is 8.62. The lowest BCUT2D eigenvalue weighted by Crippen LogP contribution is -2.24. The standard InChI is InChI=1S/C13H23N3O2/c1-8(2)5-6-11(15-16-14)12-7-10(9(3)4)13(17)18-12/h8-12H,5-7H2,1-4H3/t10-,11-,12-/m0/s1. The first kappa shape index (κ1) is 14.8. The molecule has 0 N–H and O–H groups in total. The van der Waals surface area contributed by atoms with Gasteiger partial charge in [0.1, 0.15) is 6.10 Å². The minimum atomic E-state index is -0.237. The Kier molecular flexibility index (Phi) is 5.48. The van der Waals surface area contributed by atoms with Crippen molar-refractivity contribution in [2.75, 3.05) is 0 Å². The van der Waals surface area contributed by atoms with E-state index in [0.717, 1.165) is 12.8 Å². The third-order valence-corrected chi connectivity index (χ3v) is 3.53. The lowest BCUT2D eigenvalue weighted by atomic mass is 9.89. The maximum Gasteiger partial charge on any atom is 0.309 e. The molecule has 0 spiro atoms. The highest BCUT2D eigenvalue weighted by Crippen LogP contribution is 2.31. The second-order valence-corrected chi connectivity index (χ2v) is 5.81. The van der Waals surface area contributed by atoms with Gasteiger partial charge in [0.25, 0.3) is 0 Å². The smallest absolute Gasteiger partial charge is 0.309 e. The SMILES string of the molecule is CC(C)CC[C@H](N=[N+]=[N-])[C@@H]1C[C@@H](C(C)C)C(=O)O1. The fraction of sp³-hybridized carbons (Fsp3) is 0.923. The predicted octanol–water partition coefficient (Wildman–Crippen LogP) is 3.69. The Bertz CT molecular complexity index is 335. The molecule has 0 radical (unpaired) electrons. The number of hydrogen-bond acceptors (Lipinski definition) is 3. The summed E-state index contributed by atoms with van der Waals surface area (Å²) >= 11 is 0. The highest BCUT2D eigenvalue weighted by molar-refractivity contribution is 5.75. The molecule has 0 unspecified atom stereocenters. The molecule has 0 aromatic rings. The van der Waals surface area contributed by atoms with Crippen LogP contribution in [0.5, 0.6) is 0 Å². The van der Waals surface area contributed by atoms with Crippen LogP contribution in [0.15, 0.2) is 5.11 Å². The molecule has 1 rings (SSSR count). The van der Waals surface area contributed by atoms with Crippen LogP contribution in [0.25, 0.3) is 10.4 Å². The Hall–Kier alpha value is -1.22. The first-order valence-electron chi connectivity index (χ1n) is 6.70. The Morgan fingerprint density at radius 2 is 2.06 bits per heavy atom. The van der Waals surface area contributed by atoms with E-state index in [1.165, 1.54) is 0 Å². The van der Waals surface area contributed by atoms with Gasteiger partial charge in [-0.05, 0) is 30.2 Å². The van der Waals surface area contributed by atoms with E-state index in [1.807, 2.05) is 13.8 Å². The molecular formula is C13H23N3O2. The van der Waals surface area contributed by atoms with Crippen molar-refractivity contribution in [2.45, 2.75) is 59.1 Å². The van der Waals surface area contributed by atoms with E-state index in [0.29, 0.717) is 12.3 Å². The van der Waals surface area contributed by atoms with Crippen molar-refractivity contribution in [3.8, 4) is 0 Å². The molecule has 0 bridgehead atoms. The van der Waals surface area contributed by atoms with Gasteiger partial charge in [0.15, 0.2) is 0 Å². The molecule has 1 heterocycles. The van der Waals surface area contributed by atoms with E-state index in [-0.39, 0.29) is 30.0 Å². The topological polar surface area (TPSA) is 75.1 Å². The van der Waals surface area contributed by atoms with Crippen LogP contribution in [0.1, 0.15) is 47.0 Å². The minimum Gasteiger partial charge on any atom is -0.462 e. The monoisotopic (exact) mass is 253 g/mol.